The minimum absolute atomic E-state index is 0. The first-order valence-corrected chi connectivity index (χ1v) is 7.90. The van der Waals surface area contributed by atoms with Crippen molar-refractivity contribution in [1.82, 2.24) is 0 Å². The molecule has 0 saturated carbocycles. The first kappa shape index (κ1) is 20.8. The third kappa shape index (κ3) is 6.29. The summed E-state index contributed by atoms with van der Waals surface area (Å²) in [5.41, 5.74) is 7.93. The first-order chi connectivity index (χ1) is 11.6. The molecule has 0 saturated heterocycles. The fourth-order valence-electron chi connectivity index (χ4n) is 2.26. The van der Waals surface area contributed by atoms with Crippen LogP contribution in [0.1, 0.15) is 30.5 Å². The summed E-state index contributed by atoms with van der Waals surface area (Å²) >= 11 is 0. The van der Waals surface area contributed by atoms with Crippen LogP contribution in [0.5, 0.6) is 11.5 Å². The number of rotatable bonds is 8. The number of nitrogens with two attached hydrogens (primary N) is 1. The van der Waals surface area contributed by atoms with E-state index in [-0.39, 0.29) is 24.8 Å². The van der Waals surface area contributed by atoms with Gasteiger partial charge in [0.05, 0.1) is 20.1 Å². The molecule has 0 heterocycles. The molecule has 2 aromatic carbocycles. The van der Waals surface area contributed by atoms with Crippen molar-refractivity contribution in [3.63, 3.8) is 0 Å². The third-order valence-corrected chi connectivity index (χ3v) is 3.55. The summed E-state index contributed by atoms with van der Waals surface area (Å²) in [5.74, 6) is 0.922. The van der Waals surface area contributed by atoms with E-state index in [1.807, 2.05) is 55.5 Å². The molecule has 5 nitrogen and oxygen atoms in total. The van der Waals surface area contributed by atoms with Crippen LogP contribution in [-0.2, 0) is 16.1 Å². The Hall–Kier alpha value is -2.24. The molecule has 2 aromatic rings. The van der Waals surface area contributed by atoms with Gasteiger partial charge in [0.15, 0.2) is 11.5 Å². The molecule has 0 aliphatic rings. The van der Waals surface area contributed by atoms with E-state index < -0.39 is 6.04 Å². The maximum Gasteiger partial charge on any atom is 0.307 e. The van der Waals surface area contributed by atoms with Crippen LogP contribution in [0.4, 0.5) is 0 Å². The molecule has 0 unspecified atom stereocenters. The fraction of sp³-hybridized carbons (Fsp3) is 0.316. The summed E-state index contributed by atoms with van der Waals surface area (Å²) < 4.78 is 16.2. The van der Waals surface area contributed by atoms with Gasteiger partial charge in [0.1, 0.15) is 6.61 Å². The summed E-state index contributed by atoms with van der Waals surface area (Å²) in [5, 5.41) is 0. The smallest absolute Gasteiger partial charge is 0.307 e. The van der Waals surface area contributed by atoms with Crippen molar-refractivity contribution < 1.29 is 19.0 Å². The number of esters is 1. The van der Waals surface area contributed by atoms with Crippen molar-refractivity contribution >= 4 is 18.4 Å². The number of methoxy groups -OCH3 is 1. The molecule has 0 spiro atoms. The second-order valence-electron chi connectivity index (χ2n) is 5.30. The zero-order valence-electron chi connectivity index (χ0n) is 14.4. The summed E-state index contributed by atoms with van der Waals surface area (Å²) in [7, 11) is 1.35. The predicted molar refractivity (Wildman–Crippen MR) is 99.2 cm³/mol. The quantitative estimate of drug-likeness (QED) is 0.723. The number of hydrogen-bond donors (Lipinski definition) is 1. The predicted octanol–water partition coefficient (Wildman–Crippen LogP) is 3.65. The van der Waals surface area contributed by atoms with E-state index in [0.29, 0.717) is 24.7 Å². The van der Waals surface area contributed by atoms with Gasteiger partial charge in [-0.15, -0.1) is 12.4 Å². The van der Waals surface area contributed by atoms with Crippen molar-refractivity contribution in [2.45, 2.75) is 26.0 Å². The van der Waals surface area contributed by atoms with Gasteiger partial charge in [0, 0.05) is 6.04 Å². The lowest BCUT2D eigenvalue weighted by Gasteiger charge is -2.16. The summed E-state index contributed by atoms with van der Waals surface area (Å²) in [4.78, 5) is 11.4. The van der Waals surface area contributed by atoms with Crippen molar-refractivity contribution in [3.05, 3.63) is 59.7 Å². The van der Waals surface area contributed by atoms with E-state index in [9.17, 15) is 4.79 Å². The highest BCUT2D eigenvalue weighted by Crippen LogP contribution is 2.31. The van der Waals surface area contributed by atoms with Crippen molar-refractivity contribution in [3.8, 4) is 11.5 Å². The SMILES string of the molecule is CCOc1cc([C@@H](N)CC(=O)OC)ccc1OCc1ccccc1.Cl. The number of benzene rings is 2. The summed E-state index contributed by atoms with van der Waals surface area (Å²) in [6.45, 7) is 2.87. The van der Waals surface area contributed by atoms with Gasteiger partial charge in [-0.05, 0) is 30.2 Å². The zero-order valence-corrected chi connectivity index (χ0v) is 15.3. The van der Waals surface area contributed by atoms with Crippen LogP contribution < -0.4 is 15.2 Å². The monoisotopic (exact) mass is 365 g/mol. The lowest BCUT2D eigenvalue weighted by Crippen LogP contribution is -2.16. The number of ether oxygens (including phenoxy) is 3. The van der Waals surface area contributed by atoms with Crippen molar-refractivity contribution in [2.24, 2.45) is 5.73 Å². The molecule has 25 heavy (non-hydrogen) atoms. The van der Waals surface area contributed by atoms with Crippen LogP contribution in [0.3, 0.4) is 0 Å². The molecule has 0 aliphatic heterocycles. The number of hydrogen-bond acceptors (Lipinski definition) is 5. The molecule has 1 atom stereocenters. The van der Waals surface area contributed by atoms with Gasteiger partial charge in [-0.3, -0.25) is 4.79 Å². The number of carbonyl (C=O) groups is 1. The van der Waals surface area contributed by atoms with Crippen molar-refractivity contribution in [2.75, 3.05) is 13.7 Å². The van der Waals surface area contributed by atoms with Crippen LogP contribution in [-0.4, -0.2) is 19.7 Å². The molecule has 0 aromatic heterocycles. The van der Waals surface area contributed by atoms with E-state index in [1.54, 1.807) is 0 Å². The molecular weight excluding hydrogens is 342 g/mol. The maximum atomic E-state index is 11.4. The Morgan fingerprint density at radius 3 is 2.44 bits per heavy atom. The van der Waals surface area contributed by atoms with Gasteiger partial charge in [0.25, 0.3) is 0 Å². The zero-order chi connectivity index (χ0) is 17.4. The molecule has 0 radical (unpaired) electrons. The van der Waals surface area contributed by atoms with Crippen LogP contribution in [0.2, 0.25) is 0 Å². The molecule has 0 amide bonds. The van der Waals surface area contributed by atoms with Crippen LogP contribution >= 0.6 is 12.4 Å². The summed E-state index contributed by atoms with van der Waals surface area (Å²) in [6.07, 6.45) is 0.117. The second kappa shape index (κ2) is 10.6. The largest absolute Gasteiger partial charge is 0.490 e. The Morgan fingerprint density at radius 1 is 1.08 bits per heavy atom. The lowest BCUT2D eigenvalue weighted by atomic mass is 10.0. The Labute approximate surface area is 154 Å². The average Bonchev–Trinajstić information content (AvgIpc) is 2.61. The maximum absolute atomic E-state index is 11.4. The lowest BCUT2D eigenvalue weighted by molar-refractivity contribution is -0.141. The van der Waals surface area contributed by atoms with Gasteiger partial charge < -0.3 is 19.9 Å². The van der Waals surface area contributed by atoms with Crippen LogP contribution in [0.15, 0.2) is 48.5 Å². The highest BCUT2D eigenvalue weighted by atomic mass is 35.5. The van der Waals surface area contributed by atoms with Crippen LogP contribution in [0.25, 0.3) is 0 Å². The molecule has 2 N–H and O–H groups in total. The van der Waals surface area contributed by atoms with Gasteiger partial charge in [-0.25, -0.2) is 0 Å². The molecule has 0 fully saturated rings. The number of carbonyl (C=O) groups excluding carboxylic acids is 1. The van der Waals surface area contributed by atoms with E-state index in [1.165, 1.54) is 7.11 Å². The molecule has 0 bridgehead atoms. The standard InChI is InChI=1S/C19H23NO4.ClH/c1-3-23-18-11-15(16(20)12-19(21)22-2)9-10-17(18)24-13-14-7-5-4-6-8-14;/h4-11,16H,3,12-13,20H2,1-2H3;1H/t16-;/m0./s1. The minimum atomic E-state index is -0.445. The van der Waals surface area contributed by atoms with Gasteiger partial charge >= 0.3 is 5.97 Å². The second-order valence-corrected chi connectivity index (χ2v) is 5.30. The van der Waals surface area contributed by atoms with Gasteiger partial charge in [0.2, 0.25) is 0 Å². The Balaban J connectivity index is 0.00000312. The first-order valence-electron chi connectivity index (χ1n) is 7.90. The normalized spacial score (nSPS) is 11.2. The molecule has 6 heteroatoms. The van der Waals surface area contributed by atoms with E-state index >= 15 is 0 Å². The molecular formula is C19H24ClNO4. The fourth-order valence-corrected chi connectivity index (χ4v) is 2.26. The van der Waals surface area contributed by atoms with E-state index in [0.717, 1.165) is 11.1 Å². The van der Waals surface area contributed by atoms with Gasteiger partial charge in [-0.2, -0.15) is 0 Å². The topological polar surface area (TPSA) is 70.8 Å². The van der Waals surface area contributed by atoms with E-state index in [2.05, 4.69) is 4.74 Å². The highest BCUT2D eigenvalue weighted by molar-refractivity contribution is 5.85. The van der Waals surface area contributed by atoms with Crippen LogP contribution in [0, 0.1) is 0 Å². The Morgan fingerprint density at radius 2 is 1.80 bits per heavy atom. The average molecular weight is 366 g/mol. The highest BCUT2D eigenvalue weighted by Gasteiger charge is 2.15. The van der Waals surface area contributed by atoms with E-state index in [4.69, 9.17) is 15.2 Å². The summed E-state index contributed by atoms with van der Waals surface area (Å²) in [6, 6.07) is 14.9. The number of halogens is 1. The Bertz CT molecular complexity index is 664. The minimum Gasteiger partial charge on any atom is -0.490 e. The Kier molecular flexibility index (Phi) is 8.81. The van der Waals surface area contributed by atoms with Gasteiger partial charge in [-0.1, -0.05) is 36.4 Å². The molecule has 2 rings (SSSR count). The molecule has 136 valence electrons. The van der Waals surface area contributed by atoms with Crippen molar-refractivity contribution in [1.29, 1.82) is 0 Å². The molecule has 0 aliphatic carbocycles. The third-order valence-electron chi connectivity index (χ3n) is 3.55.